The van der Waals surface area contributed by atoms with E-state index >= 15 is 0 Å². The third-order valence-corrected chi connectivity index (χ3v) is 7.73. The Hall–Kier alpha value is -3.77. The van der Waals surface area contributed by atoms with Gasteiger partial charge in [-0.15, -0.1) is 11.3 Å². The maximum absolute atomic E-state index is 14.4. The normalized spacial score (nSPS) is 11.5. The van der Waals surface area contributed by atoms with Gasteiger partial charge in [-0.25, -0.2) is 22.0 Å². The molecule has 1 N–H and O–H groups in total. The number of nitrogens with zero attached hydrogens (tertiary/aromatic N) is 1. The summed E-state index contributed by atoms with van der Waals surface area (Å²) in [5, 5.41) is 0.235. The topological polar surface area (TPSA) is 104 Å². The molecule has 0 aliphatic heterocycles. The molecule has 0 radical (unpaired) electrons. The number of carbonyl (C=O) groups excluding carboxylic acids is 1. The van der Waals surface area contributed by atoms with E-state index in [4.69, 9.17) is 9.47 Å². The first-order valence-corrected chi connectivity index (χ1v) is 13.0. The second-order valence-electron chi connectivity index (χ2n) is 7.70. The molecular formula is C24H20F2N2O6S2. The number of nitrogens with one attached hydrogen (secondary N) is 1. The highest BCUT2D eigenvalue weighted by Gasteiger charge is 2.21. The largest absolute Gasteiger partial charge is 0.465 e. The average Bonchev–Trinajstić information content (AvgIpc) is 3.29. The third-order valence-electron chi connectivity index (χ3n) is 5.27. The second-order valence-corrected chi connectivity index (χ2v) is 10.8. The summed E-state index contributed by atoms with van der Waals surface area (Å²) >= 11 is 1.01. The lowest BCUT2D eigenvalue weighted by Crippen LogP contribution is -2.16. The number of benzene rings is 2. The van der Waals surface area contributed by atoms with E-state index in [1.807, 2.05) is 0 Å². The monoisotopic (exact) mass is 534 g/mol. The lowest BCUT2D eigenvalue weighted by molar-refractivity contribution is 0.0606. The number of pyridine rings is 1. The van der Waals surface area contributed by atoms with Crippen LogP contribution in [-0.4, -0.2) is 31.8 Å². The molecule has 2 heterocycles. The van der Waals surface area contributed by atoms with Gasteiger partial charge in [-0.05, 0) is 43.3 Å². The standard InChI is InChI=1S/C24H20F2N2O6S2/c1-4-36(31,32)27-14-6-8-19(34-20-7-5-13(25)9-18(20)26)15(10-14)17-12-28(2)23(29)16-11-21(24(30)33-3)35-22(16)17/h5-12,27H,4H2,1-3H3. The predicted molar refractivity (Wildman–Crippen MR) is 133 cm³/mol. The number of fused-ring (bicyclic) bond motifs is 1. The molecular weight excluding hydrogens is 514 g/mol. The number of carbonyl (C=O) groups is 1. The SMILES string of the molecule is CCS(=O)(=O)Nc1ccc(Oc2ccc(F)cc2F)c(-c2cn(C)c(=O)c3cc(C(=O)OC)sc23)c1. The Morgan fingerprint density at radius 2 is 1.81 bits per heavy atom. The molecule has 36 heavy (non-hydrogen) atoms. The molecule has 0 spiro atoms. The minimum atomic E-state index is -3.63. The summed E-state index contributed by atoms with van der Waals surface area (Å²) in [4.78, 5) is 25.1. The molecule has 0 atom stereocenters. The Balaban J connectivity index is 1.97. The van der Waals surface area contributed by atoms with Gasteiger partial charge in [0.15, 0.2) is 11.6 Å². The molecule has 188 valence electrons. The van der Waals surface area contributed by atoms with Crippen molar-refractivity contribution in [2.75, 3.05) is 17.6 Å². The second kappa shape index (κ2) is 9.70. The number of anilines is 1. The fraction of sp³-hybridized carbons (Fsp3) is 0.167. The van der Waals surface area contributed by atoms with E-state index in [2.05, 4.69) is 4.72 Å². The number of rotatable bonds is 7. The Morgan fingerprint density at radius 1 is 1.08 bits per heavy atom. The van der Waals surface area contributed by atoms with Crippen LogP contribution in [0.5, 0.6) is 11.5 Å². The van der Waals surface area contributed by atoms with Crippen LogP contribution in [0.1, 0.15) is 16.6 Å². The van der Waals surface area contributed by atoms with Crippen molar-refractivity contribution < 1.29 is 31.5 Å². The zero-order valence-corrected chi connectivity index (χ0v) is 20.9. The number of thiophene rings is 1. The fourth-order valence-electron chi connectivity index (χ4n) is 3.47. The molecule has 4 rings (SSSR count). The number of halogens is 2. The van der Waals surface area contributed by atoms with Gasteiger partial charge in [0.2, 0.25) is 10.0 Å². The highest BCUT2D eigenvalue weighted by Crippen LogP contribution is 2.41. The van der Waals surface area contributed by atoms with Crippen LogP contribution in [0.2, 0.25) is 0 Å². The lowest BCUT2D eigenvalue weighted by Gasteiger charge is -2.16. The van der Waals surface area contributed by atoms with Gasteiger partial charge < -0.3 is 14.0 Å². The summed E-state index contributed by atoms with van der Waals surface area (Å²) in [5.41, 5.74) is 0.553. The molecule has 0 bridgehead atoms. The minimum absolute atomic E-state index is 0.105. The lowest BCUT2D eigenvalue weighted by atomic mass is 10.0. The Bertz CT molecular complexity index is 1660. The van der Waals surface area contributed by atoms with Gasteiger partial charge in [0.25, 0.3) is 5.56 Å². The first-order chi connectivity index (χ1) is 17.0. The van der Waals surface area contributed by atoms with Gasteiger partial charge in [-0.3, -0.25) is 9.52 Å². The molecule has 2 aromatic carbocycles. The molecule has 0 aliphatic carbocycles. The van der Waals surface area contributed by atoms with Crippen molar-refractivity contribution in [2.45, 2.75) is 6.92 Å². The molecule has 2 aromatic heterocycles. The van der Waals surface area contributed by atoms with Crippen molar-refractivity contribution in [1.29, 1.82) is 0 Å². The molecule has 0 saturated carbocycles. The number of hydrogen-bond donors (Lipinski definition) is 1. The molecule has 0 aliphatic rings. The van der Waals surface area contributed by atoms with Crippen molar-refractivity contribution in [2.24, 2.45) is 7.05 Å². The van der Waals surface area contributed by atoms with Crippen molar-refractivity contribution in [3.8, 4) is 22.6 Å². The minimum Gasteiger partial charge on any atom is -0.465 e. The van der Waals surface area contributed by atoms with E-state index in [9.17, 15) is 26.8 Å². The maximum atomic E-state index is 14.4. The summed E-state index contributed by atoms with van der Waals surface area (Å²) in [7, 11) is -0.890. The summed E-state index contributed by atoms with van der Waals surface area (Å²) in [6, 6.07) is 8.58. The zero-order valence-electron chi connectivity index (χ0n) is 19.3. The summed E-state index contributed by atoms with van der Waals surface area (Å²) < 4.78 is 66.8. The van der Waals surface area contributed by atoms with Crippen LogP contribution in [0.25, 0.3) is 21.2 Å². The highest BCUT2D eigenvalue weighted by molar-refractivity contribution is 7.92. The number of esters is 1. The molecule has 4 aromatic rings. The van der Waals surface area contributed by atoms with Crippen molar-refractivity contribution in [3.05, 3.63) is 75.5 Å². The summed E-state index contributed by atoms with van der Waals surface area (Å²) in [6.45, 7) is 1.48. The summed E-state index contributed by atoms with van der Waals surface area (Å²) in [6.07, 6.45) is 1.50. The average molecular weight is 535 g/mol. The number of aromatic nitrogens is 1. The predicted octanol–water partition coefficient (Wildman–Crippen LogP) is 4.89. The summed E-state index contributed by atoms with van der Waals surface area (Å²) in [5.74, 6) is -2.67. The van der Waals surface area contributed by atoms with Crippen LogP contribution in [0.3, 0.4) is 0 Å². The smallest absolute Gasteiger partial charge is 0.348 e. The van der Waals surface area contributed by atoms with Crippen LogP contribution >= 0.6 is 11.3 Å². The van der Waals surface area contributed by atoms with Crippen LogP contribution < -0.4 is 15.0 Å². The fourth-order valence-corrected chi connectivity index (χ4v) is 5.19. The zero-order chi connectivity index (χ0) is 26.2. The molecule has 0 amide bonds. The molecule has 0 saturated heterocycles. The molecule has 0 fully saturated rings. The first-order valence-electron chi connectivity index (χ1n) is 10.5. The number of methoxy groups -OCH3 is 1. The van der Waals surface area contributed by atoms with Gasteiger partial charge in [-0.2, -0.15) is 0 Å². The van der Waals surface area contributed by atoms with Crippen molar-refractivity contribution >= 4 is 43.1 Å². The first kappa shape index (κ1) is 25.3. The molecule has 12 heteroatoms. The number of hydrogen-bond acceptors (Lipinski definition) is 7. The van der Waals surface area contributed by atoms with Crippen LogP contribution in [0.15, 0.2) is 53.5 Å². The van der Waals surface area contributed by atoms with Gasteiger partial charge in [0.05, 0.1) is 22.9 Å². The quantitative estimate of drug-likeness (QED) is 0.339. The molecule has 0 unspecified atom stereocenters. The van der Waals surface area contributed by atoms with Crippen molar-refractivity contribution in [3.63, 3.8) is 0 Å². The van der Waals surface area contributed by atoms with Gasteiger partial charge in [0, 0.05) is 36.1 Å². The van der Waals surface area contributed by atoms with Crippen molar-refractivity contribution in [1.82, 2.24) is 4.57 Å². The van der Waals surface area contributed by atoms with Crippen LogP contribution in [0.4, 0.5) is 14.5 Å². The Labute approximate surface area is 208 Å². The van der Waals surface area contributed by atoms with E-state index in [-0.39, 0.29) is 38.8 Å². The Morgan fingerprint density at radius 3 is 2.47 bits per heavy atom. The molecule has 8 nitrogen and oxygen atoms in total. The number of ether oxygens (including phenoxy) is 2. The Kier molecular flexibility index (Phi) is 6.83. The maximum Gasteiger partial charge on any atom is 0.348 e. The number of sulfonamides is 1. The van der Waals surface area contributed by atoms with E-state index in [1.54, 1.807) is 0 Å². The van der Waals surface area contributed by atoms with Crippen LogP contribution in [0, 0.1) is 11.6 Å². The van der Waals surface area contributed by atoms with Crippen LogP contribution in [-0.2, 0) is 21.8 Å². The highest BCUT2D eigenvalue weighted by atomic mass is 32.2. The van der Waals surface area contributed by atoms with E-state index in [0.29, 0.717) is 21.9 Å². The number of aryl methyl sites for hydroxylation is 1. The van der Waals surface area contributed by atoms with E-state index in [1.165, 1.54) is 56.1 Å². The third kappa shape index (κ3) is 4.95. The van der Waals surface area contributed by atoms with Gasteiger partial charge >= 0.3 is 5.97 Å². The van der Waals surface area contributed by atoms with E-state index in [0.717, 1.165) is 23.5 Å². The van der Waals surface area contributed by atoms with Gasteiger partial charge in [-0.1, -0.05) is 0 Å². The van der Waals surface area contributed by atoms with Gasteiger partial charge in [0.1, 0.15) is 16.4 Å². The van der Waals surface area contributed by atoms with E-state index < -0.39 is 27.6 Å².